The summed E-state index contributed by atoms with van der Waals surface area (Å²) in [5.41, 5.74) is 0.146. The molecule has 0 saturated carbocycles. The van der Waals surface area contributed by atoms with Crippen LogP contribution in [0.2, 0.25) is 5.02 Å². The molecule has 2 aromatic carbocycles. The molecule has 0 aliphatic rings. The third-order valence-corrected chi connectivity index (χ3v) is 6.49. The van der Waals surface area contributed by atoms with E-state index < -0.39 is 28.4 Å². The normalized spacial score (nSPS) is 11.3. The zero-order chi connectivity index (χ0) is 21.6. The number of halogens is 1. The summed E-state index contributed by atoms with van der Waals surface area (Å²) in [7, 11) is -3.76. The van der Waals surface area contributed by atoms with Crippen molar-refractivity contribution in [1.82, 2.24) is 9.62 Å². The zero-order valence-corrected chi connectivity index (χ0v) is 17.5. The SMILES string of the molecule is CCN(CC)S(=O)(=O)c1ccc(O)c(NC(=O)CNC(=O)c2ccccc2Cl)c1. The van der Waals surface area contributed by atoms with Crippen LogP contribution in [0.3, 0.4) is 0 Å². The second-order valence-electron chi connectivity index (χ2n) is 5.98. The Bertz CT molecular complexity index is 1010. The molecule has 0 unspecified atom stereocenters. The molecular weight excluding hydrogens is 418 g/mol. The smallest absolute Gasteiger partial charge is 0.253 e. The van der Waals surface area contributed by atoms with Crippen molar-refractivity contribution in [2.45, 2.75) is 18.7 Å². The van der Waals surface area contributed by atoms with Gasteiger partial charge in [-0.15, -0.1) is 0 Å². The van der Waals surface area contributed by atoms with Crippen molar-refractivity contribution < 1.29 is 23.1 Å². The van der Waals surface area contributed by atoms with Gasteiger partial charge in [-0.25, -0.2) is 8.42 Å². The van der Waals surface area contributed by atoms with Gasteiger partial charge in [-0.3, -0.25) is 9.59 Å². The second-order valence-corrected chi connectivity index (χ2v) is 8.32. The Balaban J connectivity index is 2.10. The number of benzene rings is 2. The summed E-state index contributed by atoms with van der Waals surface area (Å²) in [6, 6.07) is 10.0. The van der Waals surface area contributed by atoms with Gasteiger partial charge in [-0.1, -0.05) is 37.6 Å². The van der Waals surface area contributed by atoms with E-state index in [1.54, 1.807) is 32.0 Å². The maximum absolute atomic E-state index is 12.6. The van der Waals surface area contributed by atoms with Crippen LogP contribution in [0.5, 0.6) is 5.75 Å². The van der Waals surface area contributed by atoms with Crippen LogP contribution in [-0.2, 0) is 14.8 Å². The Morgan fingerprint density at radius 2 is 1.76 bits per heavy atom. The third kappa shape index (κ3) is 5.47. The van der Waals surface area contributed by atoms with Gasteiger partial charge in [-0.2, -0.15) is 4.31 Å². The zero-order valence-electron chi connectivity index (χ0n) is 16.0. The van der Waals surface area contributed by atoms with Crippen LogP contribution in [0.4, 0.5) is 5.69 Å². The van der Waals surface area contributed by atoms with Crippen molar-refractivity contribution >= 4 is 39.1 Å². The molecule has 0 spiro atoms. The van der Waals surface area contributed by atoms with Crippen LogP contribution >= 0.6 is 11.6 Å². The molecule has 0 fully saturated rings. The van der Waals surface area contributed by atoms with Crippen molar-refractivity contribution in [1.29, 1.82) is 0 Å². The van der Waals surface area contributed by atoms with Gasteiger partial charge in [-0.05, 0) is 30.3 Å². The standard InChI is InChI=1S/C19H22ClN3O5S/c1-3-23(4-2)29(27,28)13-9-10-17(24)16(11-13)22-18(25)12-21-19(26)14-7-5-6-8-15(14)20/h5-11,24H,3-4,12H2,1-2H3,(H,21,26)(H,22,25). The lowest BCUT2D eigenvalue weighted by molar-refractivity contribution is -0.115. The summed E-state index contributed by atoms with van der Waals surface area (Å²) in [6.07, 6.45) is 0. The molecule has 0 aliphatic carbocycles. The molecule has 2 amide bonds. The minimum atomic E-state index is -3.76. The van der Waals surface area contributed by atoms with Gasteiger partial charge in [0, 0.05) is 13.1 Å². The number of phenols is 1. The summed E-state index contributed by atoms with van der Waals surface area (Å²) >= 11 is 5.94. The fraction of sp³-hybridized carbons (Fsp3) is 0.263. The summed E-state index contributed by atoms with van der Waals surface area (Å²) in [5.74, 6) is -1.47. The molecule has 0 heterocycles. The monoisotopic (exact) mass is 439 g/mol. The van der Waals surface area contributed by atoms with E-state index in [2.05, 4.69) is 10.6 Å². The molecule has 2 rings (SSSR count). The molecule has 2 aromatic rings. The Labute approximate surface area is 174 Å². The van der Waals surface area contributed by atoms with E-state index in [1.165, 1.54) is 28.6 Å². The average molecular weight is 440 g/mol. The van der Waals surface area contributed by atoms with Crippen LogP contribution in [0, 0.1) is 0 Å². The molecular formula is C19H22ClN3O5S. The summed E-state index contributed by atoms with van der Waals surface area (Å²) in [6.45, 7) is 3.61. The molecule has 0 radical (unpaired) electrons. The summed E-state index contributed by atoms with van der Waals surface area (Å²) in [5, 5.41) is 15.0. The number of anilines is 1. The van der Waals surface area contributed by atoms with Gasteiger partial charge in [0.15, 0.2) is 0 Å². The largest absolute Gasteiger partial charge is 0.506 e. The first-order valence-corrected chi connectivity index (χ1v) is 10.7. The Morgan fingerprint density at radius 1 is 1.10 bits per heavy atom. The highest BCUT2D eigenvalue weighted by molar-refractivity contribution is 7.89. The quantitative estimate of drug-likeness (QED) is 0.546. The lowest BCUT2D eigenvalue weighted by Crippen LogP contribution is -2.33. The van der Waals surface area contributed by atoms with Crippen LogP contribution in [0.15, 0.2) is 47.4 Å². The Hall–Kier alpha value is -2.62. The van der Waals surface area contributed by atoms with Gasteiger partial charge < -0.3 is 15.7 Å². The van der Waals surface area contributed by atoms with Crippen molar-refractivity contribution in [2.24, 2.45) is 0 Å². The fourth-order valence-electron chi connectivity index (χ4n) is 2.58. The predicted molar refractivity (Wildman–Crippen MR) is 111 cm³/mol. The fourth-order valence-corrected chi connectivity index (χ4v) is 4.29. The van der Waals surface area contributed by atoms with Gasteiger partial charge in [0.25, 0.3) is 5.91 Å². The van der Waals surface area contributed by atoms with E-state index in [1.807, 2.05) is 0 Å². The van der Waals surface area contributed by atoms with E-state index in [-0.39, 0.29) is 40.0 Å². The molecule has 0 aliphatic heterocycles. The van der Waals surface area contributed by atoms with E-state index in [0.29, 0.717) is 0 Å². The van der Waals surface area contributed by atoms with Crippen molar-refractivity contribution in [3.05, 3.63) is 53.1 Å². The number of sulfonamides is 1. The van der Waals surface area contributed by atoms with Crippen LogP contribution in [0.1, 0.15) is 24.2 Å². The lowest BCUT2D eigenvalue weighted by atomic mass is 10.2. The summed E-state index contributed by atoms with van der Waals surface area (Å²) in [4.78, 5) is 24.2. The molecule has 3 N–H and O–H groups in total. The topological polar surface area (TPSA) is 116 Å². The molecule has 10 heteroatoms. The Kier molecular flexibility index (Phi) is 7.60. The molecule has 0 atom stereocenters. The molecule has 8 nitrogen and oxygen atoms in total. The number of amides is 2. The van der Waals surface area contributed by atoms with Crippen molar-refractivity contribution in [3.63, 3.8) is 0 Å². The van der Waals surface area contributed by atoms with Crippen LogP contribution in [-0.4, -0.2) is 49.3 Å². The molecule has 0 bridgehead atoms. The van der Waals surface area contributed by atoms with E-state index in [4.69, 9.17) is 11.6 Å². The average Bonchev–Trinajstić information content (AvgIpc) is 2.68. The number of nitrogens with one attached hydrogen (secondary N) is 2. The predicted octanol–water partition coefficient (Wildman–Crippen LogP) is 2.44. The van der Waals surface area contributed by atoms with Gasteiger partial charge in [0.05, 0.1) is 27.7 Å². The number of aromatic hydroxyl groups is 1. The van der Waals surface area contributed by atoms with Crippen molar-refractivity contribution in [3.8, 4) is 5.75 Å². The van der Waals surface area contributed by atoms with Gasteiger partial charge in [0.1, 0.15) is 5.75 Å². The highest BCUT2D eigenvalue weighted by Gasteiger charge is 2.23. The molecule has 156 valence electrons. The molecule has 0 aromatic heterocycles. The van der Waals surface area contributed by atoms with Gasteiger partial charge >= 0.3 is 0 Å². The Morgan fingerprint density at radius 3 is 2.38 bits per heavy atom. The second kappa shape index (κ2) is 9.73. The first-order valence-electron chi connectivity index (χ1n) is 8.86. The highest BCUT2D eigenvalue weighted by atomic mass is 35.5. The number of phenolic OH excluding ortho intramolecular Hbond substituents is 1. The first kappa shape index (κ1) is 22.7. The third-order valence-electron chi connectivity index (χ3n) is 4.11. The molecule has 29 heavy (non-hydrogen) atoms. The van der Waals surface area contributed by atoms with Crippen LogP contribution < -0.4 is 10.6 Å². The van der Waals surface area contributed by atoms with Crippen LogP contribution in [0.25, 0.3) is 0 Å². The number of nitrogens with zero attached hydrogens (tertiary/aromatic N) is 1. The van der Waals surface area contributed by atoms with Crippen molar-refractivity contribution in [2.75, 3.05) is 25.0 Å². The number of hydrogen-bond donors (Lipinski definition) is 3. The number of carbonyl (C=O) groups is 2. The summed E-state index contributed by atoms with van der Waals surface area (Å²) < 4.78 is 26.5. The maximum Gasteiger partial charge on any atom is 0.253 e. The van der Waals surface area contributed by atoms with E-state index >= 15 is 0 Å². The lowest BCUT2D eigenvalue weighted by Gasteiger charge is -2.19. The van der Waals surface area contributed by atoms with Gasteiger partial charge in [0.2, 0.25) is 15.9 Å². The van der Waals surface area contributed by atoms with E-state index in [9.17, 15) is 23.1 Å². The number of carbonyl (C=O) groups excluding carboxylic acids is 2. The minimum absolute atomic E-state index is 0.0607. The number of hydrogen-bond acceptors (Lipinski definition) is 5. The first-order chi connectivity index (χ1) is 13.7. The molecule has 0 saturated heterocycles. The minimum Gasteiger partial charge on any atom is -0.506 e. The maximum atomic E-state index is 12.6. The number of rotatable bonds is 8. The highest BCUT2D eigenvalue weighted by Crippen LogP contribution is 2.28. The van der Waals surface area contributed by atoms with E-state index in [0.717, 1.165) is 0 Å².